The summed E-state index contributed by atoms with van der Waals surface area (Å²) < 4.78 is 10.2. The normalized spacial score (nSPS) is 10.8. The summed E-state index contributed by atoms with van der Waals surface area (Å²) in [6, 6.07) is 7.24. The number of hydrogen-bond acceptors (Lipinski definition) is 5. The van der Waals surface area contributed by atoms with Crippen molar-refractivity contribution < 1.29 is 14.1 Å². The Bertz CT molecular complexity index is 615. The minimum atomic E-state index is -0.0700. The first-order valence-electron chi connectivity index (χ1n) is 7.03. The third-order valence-corrected chi connectivity index (χ3v) is 3.40. The number of anilines is 1. The summed E-state index contributed by atoms with van der Waals surface area (Å²) in [5.74, 6) is 1.48. The van der Waals surface area contributed by atoms with Gasteiger partial charge in [0, 0.05) is 17.8 Å². The van der Waals surface area contributed by atoms with Crippen LogP contribution in [-0.4, -0.2) is 36.7 Å². The lowest BCUT2D eigenvalue weighted by atomic mass is 10.2. The van der Waals surface area contributed by atoms with Crippen LogP contribution in [0.2, 0.25) is 0 Å². The summed E-state index contributed by atoms with van der Waals surface area (Å²) >= 11 is 0. The zero-order valence-electron chi connectivity index (χ0n) is 13.3. The van der Waals surface area contributed by atoms with Crippen molar-refractivity contribution in [1.82, 2.24) is 10.1 Å². The molecule has 1 aromatic heterocycles. The molecule has 0 atom stereocenters. The SMILES string of the molecule is COc1ccc(NC(=O)CN(C)Cc2c(C)noc2C)cc1. The quantitative estimate of drug-likeness (QED) is 0.887. The molecule has 0 saturated carbocycles. The van der Waals surface area contributed by atoms with Crippen molar-refractivity contribution >= 4 is 11.6 Å². The van der Waals surface area contributed by atoms with Crippen molar-refractivity contribution in [1.29, 1.82) is 0 Å². The van der Waals surface area contributed by atoms with Crippen LogP contribution in [0.1, 0.15) is 17.0 Å². The molecular formula is C16H21N3O3. The highest BCUT2D eigenvalue weighted by atomic mass is 16.5. The highest BCUT2D eigenvalue weighted by Gasteiger charge is 2.13. The Labute approximate surface area is 130 Å². The van der Waals surface area contributed by atoms with Gasteiger partial charge in [-0.05, 0) is 45.2 Å². The van der Waals surface area contributed by atoms with Gasteiger partial charge < -0.3 is 14.6 Å². The molecule has 1 heterocycles. The van der Waals surface area contributed by atoms with E-state index in [1.54, 1.807) is 7.11 Å². The number of ether oxygens (including phenoxy) is 1. The number of carbonyl (C=O) groups excluding carboxylic acids is 1. The van der Waals surface area contributed by atoms with E-state index in [4.69, 9.17) is 9.26 Å². The minimum absolute atomic E-state index is 0.0700. The monoisotopic (exact) mass is 303 g/mol. The van der Waals surface area contributed by atoms with E-state index in [0.717, 1.165) is 28.5 Å². The van der Waals surface area contributed by atoms with Crippen LogP contribution in [0, 0.1) is 13.8 Å². The number of aryl methyl sites for hydroxylation is 2. The average Bonchev–Trinajstić information content (AvgIpc) is 2.79. The molecule has 0 aliphatic heterocycles. The molecule has 6 heteroatoms. The molecule has 1 amide bonds. The zero-order chi connectivity index (χ0) is 16.1. The summed E-state index contributed by atoms with van der Waals surface area (Å²) in [7, 11) is 3.50. The topological polar surface area (TPSA) is 67.6 Å². The molecule has 2 rings (SSSR count). The predicted octanol–water partition coefficient (Wildman–Crippen LogP) is 2.37. The third kappa shape index (κ3) is 4.08. The lowest BCUT2D eigenvalue weighted by Gasteiger charge is -2.16. The highest BCUT2D eigenvalue weighted by molar-refractivity contribution is 5.92. The van der Waals surface area contributed by atoms with Crippen molar-refractivity contribution in [2.24, 2.45) is 0 Å². The van der Waals surface area contributed by atoms with Crippen molar-refractivity contribution in [2.45, 2.75) is 20.4 Å². The van der Waals surface area contributed by atoms with Gasteiger partial charge in [-0.1, -0.05) is 5.16 Å². The zero-order valence-corrected chi connectivity index (χ0v) is 13.3. The van der Waals surface area contributed by atoms with Crippen LogP contribution in [0.5, 0.6) is 5.75 Å². The van der Waals surface area contributed by atoms with Crippen molar-refractivity contribution in [2.75, 3.05) is 26.0 Å². The van der Waals surface area contributed by atoms with Gasteiger partial charge >= 0.3 is 0 Å². The molecule has 0 aliphatic rings. The highest BCUT2D eigenvalue weighted by Crippen LogP contribution is 2.16. The average molecular weight is 303 g/mol. The van der Waals surface area contributed by atoms with Gasteiger partial charge in [0.1, 0.15) is 11.5 Å². The van der Waals surface area contributed by atoms with Crippen molar-refractivity contribution in [3.05, 3.63) is 41.3 Å². The van der Waals surface area contributed by atoms with E-state index in [1.807, 2.05) is 50.1 Å². The Kier molecular flexibility index (Phi) is 5.16. The molecule has 0 aliphatic carbocycles. The van der Waals surface area contributed by atoms with Crippen molar-refractivity contribution in [3.8, 4) is 5.75 Å². The lowest BCUT2D eigenvalue weighted by Crippen LogP contribution is -2.30. The number of nitrogens with one attached hydrogen (secondary N) is 1. The largest absolute Gasteiger partial charge is 0.497 e. The van der Waals surface area contributed by atoms with Crippen molar-refractivity contribution in [3.63, 3.8) is 0 Å². The molecule has 0 saturated heterocycles. The minimum Gasteiger partial charge on any atom is -0.497 e. The van der Waals surface area contributed by atoms with Crippen LogP contribution < -0.4 is 10.1 Å². The van der Waals surface area contributed by atoms with Crippen LogP contribution in [-0.2, 0) is 11.3 Å². The molecule has 0 fully saturated rings. The van der Waals surface area contributed by atoms with Crippen LogP contribution >= 0.6 is 0 Å². The van der Waals surface area contributed by atoms with E-state index in [9.17, 15) is 4.79 Å². The molecule has 6 nitrogen and oxygen atoms in total. The summed E-state index contributed by atoms with van der Waals surface area (Å²) in [6.07, 6.45) is 0. The standard InChI is InChI=1S/C16H21N3O3/c1-11-15(12(2)22-18-11)9-19(3)10-16(20)17-13-5-7-14(21-4)8-6-13/h5-8H,9-10H2,1-4H3,(H,17,20). The number of carbonyl (C=O) groups is 1. The summed E-state index contributed by atoms with van der Waals surface area (Å²) in [6.45, 7) is 4.69. The number of benzene rings is 1. The molecule has 0 unspecified atom stereocenters. The van der Waals surface area contributed by atoms with E-state index >= 15 is 0 Å². The molecule has 1 N–H and O–H groups in total. The van der Waals surface area contributed by atoms with Gasteiger partial charge in [0.15, 0.2) is 0 Å². The van der Waals surface area contributed by atoms with Gasteiger partial charge in [0.05, 0.1) is 19.3 Å². The van der Waals surface area contributed by atoms with Gasteiger partial charge in [-0.25, -0.2) is 0 Å². The Morgan fingerprint density at radius 2 is 2.00 bits per heavy atom. The molecule has 22 heavy (non-hydrogen) atoms. The van der Waals surface area contributed by atoms with Gasteiger partial charge in [0.2, 0.25) is 5.91 Å². The maximum absolute atomic E-state index is 12.1. The van der Waals surface area contributed by atoms with Crippen LogP contribution in [0.25, 0.3) is 0 Å². The first-order chi connectivity index (χ1) is 10.5. The fraction of sp³-hybridized carbons (Fsp3) is 0.375. The Balaban J connectivity index is 1.88. The number of rotatable bonds is 6. The smallest absolute Gasteiger partial charge is 0.238 e. The fourth-order valence-electron chi connectivity index (χ4n) is 2.17. The number of likely N-dealkylation sites (N-methyl/N-ethyl adjacent to an activating group) is 1. The van der Waals surface area contributed by atoms with E-state index in [0.29, 0.717) is 6.54 Å². The number of hydrogen-bond donors (Lipinski definition) is 1. The lowest BCUT2D eigenvalue weighted by molar-refractivity contribution is -0.117. The van der Waals surface area contributed by atoms with Gasteiger partial charge in [-0.15, -0.1) is 0 Å². The molecule has 2 aromatic rings. The Morgan fingerprint density at radius 1 is 1.32 bits per heavy atom. The summed E-state index contributed by atoms with van der Waals surface area (Å²) in [5.41, 5.74) is 2.64. The Morgan fingerprint density at radius 3 is 2.55 bits per heavy atom. The van der Waals surface area contributed by atoms with Gasteiger partial charge in [0.25, 0.3) is 0 Å². The van der Waals surface area contributed by atoms with E-state index in [-0.39, 0.29) is 12.5 Å². The number of amides is 1. The first kappa shape index (κ1) is 16.0. The van der Waals surface area contributed by atoms with E-state index in [1.165, 1.54) is 0 Å². The molecule has 118 valence electrons. The maximum atomic E-state index is 12.1. The molecule has 1 aromatic carbocycles. The molecular weight excluding hydrogens is 282 g/mol. The molecule has 0 radical (unpaired) electrons. The number of methoxy groups -OCH3 is 1. The number of aromatic nitrogens is 1. The first-order valence-corrected chi connectivity index (χ1v) is 7.03. The van der Waals surface area contributed by atoms with Crippen LogP contribution in [0.3, 0.4) is 0 Å². The van der Waals surface area contributed by atoms with Gasteiger partial charge in [-0.3, -0.25) is 9.69 Å². The molecule has 0 bridgehead atoms. The van der Waals surface area contributed by atoms with E-state index < -0.39 is 0 Å². The van der Waals surface area contributed by atoms with E-state index in [2.05, 4.69) is 10.5 Å². The predicted molar refractivity (Wildman–Crippen MR) is 83.9 cm³/mol. The second-order valence-electron chi connectivity index (χ2n) is 5.25. The fourth-order valence-corrected chi connectivity index (χ4v) is 2.17. The second kappa shape index (κ2) is 7.09. The summed E-state index contributed by atoms with van der Waals surface area (Å²) in [5, 5.41) is 6.78. The third-order valence-electron chi connectivity index (χ3n) is 3.40. The van der Waals surface area contributed by atoms with Crippen LogP contribution in [0.15, 0.2) is 28.8 Å². The number of nitrogens with zero attached hydrogens (tertiary/aromatic N) is 2. The second-order valence-corrected chi connectivity index (χ2v) is 5.25. The Hall–Kier alpha value is -2.34. The van der Waals surface area contributed by atoms with Gasteiger partial charge in [-0.2, -0.15) is 0 Å². The maximum Gasteiger partial charge on any atom is 0.238 e. The molecule has 0 spiro atoms. The van der Waals surface area contributed by atoms with Crippen LogP contribution in [0.4, 0.5) is 5.69 Å². The summed E-state index contributed by atoms with van der Waals surface area (Å²) in [4.78, 5) is 14.0.